The third kappa shape index (κ3) is 3.91. The average Bonchev–Trinajstić information content (AvgIpc) is 3.14. The van der Waals surface area contributed by atoms with E-state index in [9.17, 15) is 4.39 Å². The molecule has 0 radical (unpaired) electrons. The first-order chi connectivity index (χ1) is 9.06. The molecular weight excluding hydrogens is 265 g/mol. The van der Waals surface area contributed by atoms with Crippen LogP contribution in [0.25, 0.3) is 0 Å². The molecular formula is C15H21ClFNO. The summed E-state index contributed by atoms with van der Waals surface area (Å²) in [7, 11) is 1.74. The van der Waals surface area contributed by atoms with Crippen molar-refractivity contribution in [3.63, 3.8) is 0 Å². The molecule has 1 N–H and O–H groups in total. The molecule has 106 valence electrons. The van der Waals surface area contributed by atoms with Crippen molar-refractivity contribution in [2.24, 2.45) is 5.41 Å². The first-order valence-corrected chi connectivity index (χ1v) is 7.11. The van der Waals surface area contributed by atoms with Gasteiger partial charge in [-0.3, -0.25) is 0 Å². The Morgan fingerprint density at radius 2 is 2.21 bits per heavy atom. The van der Waals surface area contributed by atoms with E-state index in [4.69, 9.17) is 16.3 Å². The largest absolute Gasteiger partial charge is 0.385 e. The summed E-state index contributed by atoms with van der Waals surface area (Å²) < 4.78 is 18.2. The Labute approximate surface area is 119 Å². The number of hydrogen-bond acceptors (Lipinski definition) is 2. The van der Waals surface area contributed by atoms with E-state index < -0.39 is 0 Å². The van der Waals surface area contributed by atoms with Crippen LogP contribution in [0.2, 0.25) is 5.02 Å². The fourth-order valence-electron chi connectivity index (χ4n) is 2.34. The molecule has 1 aliphatic carbocycles. The highest BCUT2D eigenvalue weighted by molar-refractivity contribution is 6.31. The second-order valence-electron chi connectivity index (χ2n) is 5.51. The lowest BCUT2D eigenvalue weighted by atomic mass is 10.0. The molecule has 1 atom stereocenters. The van der Waals surface area contributed by atoms with E-state index in [2.05, 4.69) is 12.2 Å². The minimum atomic E-state index is -0.292. The lowest BCUT2D eigenvalue weighted by molar-refractivity contribution is 0.170. The summed E-state index contributed by atoms with van der Waals surface area (Å²) in [4.78, 5) is 0. The van der Waals surface area contributed by atoms with Crippen LogP contribution in [0, 0.1) is 11.2 Å². The smallest absolute Gasteiger partial charge is 0.124 e. The van der Waals surface area contributed by atoms with Crippen molar-refractivity contribution in [1.82, 2.24) is 5.32 Å². The summed E-state index contributed by atoms with van der Waals surface area (Å²) >= 11 is 6.07. The van der Waals surface area contributed by atoms with Crippen molar-refractivity contribution < 1.29 is 9.13 Å². The van der Waals surface area contributed by atoms with E-state index >= 15 is 0 Å². The fourth-order valence-corrected chi connectivity index (χ4v) is 2.67. The molecule has 19 heavy (non-hydrogen) atoms. The van der Waals surface area contributed by atoms with Crippen LogP contribution in [0.15, 0.2) is 18.2 Å². The SMILES string of the molecule is COCCC1(CNC(C)c2ccc(F)cc2Cl)CC1. The van der Waals surface area contributed by atoms with Crippen LogP contribution in [0.3, 0.4) is 0 Å². The van der Waals surface area contributed by atoms with Gasteiger partial charge < -0.3 is 10.1 Å². The molecule has 0 saturated heterocycles. The third-order valence-corrected chi connectivity index (χ3v) is 4.33. The number of hydrogen-bond donors (Lipinski definition) is 1. The summed E-state index contributed by atoms with van der Waals surface area (Å²) in [6.45, 7) is 3.84. The Bertz CT molecular complexity index is 434. The Balaban J connectivity index is 1.89. The van der Waals surface area contributed by atoms with Crippen LogP contribution in [0.5, 0.6) is 0 Å². The Morgan fingerprint density at radius 3 is 2.79 bits per heavy atom. The highest BCUT2D eigenvalue weighted by atomic mass is 35.5. The van der Waals surface area contributed by atoms with Gasteiger partial charge in [0.25, 0.3) is 0 Å². The summed E-state index contributed by atoms with van der Waals surface area (Å²) in [5.74, 6) is -0.292. The van der Waals surface area contributed by atoms with Gasteiger partial charge in [0.1, 0.15) is 5.82 Å². The molecule has 0 spiro atoms. The van der Waals surface area contributed by atoms with Crippen molar-refractivity contribution in [3.05, 3.63) is 34.6 Å². The molecule has 0 aromatic heterocycles. The minimum absolute atomic E-state index is 0.133. The van der Waals surface area contributed by atoms with E-state index in [-0.39, 0.29) is 11.9 Å². The van der Waals surface area contributed by atoms with E-state index in [0.29, 0.717) is 10.4 Å². The molecule has 1 unspecified atom stereocenters. The number of benzene rings is 1. The van der Waals surface area contributed by atoms with Crippen LogP contribution >= 0.6 is 11.6 Å². The fraction of sp³-hybridized carbons (Fsp3) is 0.600. The second kappa shape index (κ2) is 6.21. The van der Waals surface area contributed by atoms with E-state index in [1.54, 1.807) is 13.2 Å². The quantitative estimate of drug-likeness (QED) is 0.819. The number of rotatable bonds is 7. The molecule has 0 bridgehead atoms. The standard InChI is InChI=1S/C15H21ClFNO/c1-11(13-4-3-12(17)9-14(13)16)18-10-15(5-6-15)7-8-19-2/h3-4,9,11,18H,5-8,10H2,1-2H3. The van der Waals surface area contributed by atoms with E-state index in [1.165, 1.54) is 25.0 Å². The topological polar surface area (TPSA) is 21.3 Å². The number of nitrogens with one attached hydrogen (secondary N) is 1. The first kappa shape index (κ1) is 14.8. The maximum atomic E-state index is 13.0. The third-order valence-electron chi connectivity index (χ3n) is 4.01. The molecule has 1 fully saturated rings. The van der Waals surface area contributed by atoms with Crippen LogP contribution in [0.4, 0.5) is 4.39 Å². The summed E-state index contributed by atoms with van der Waals surface area (Å²) in [6, 6.07) is 4.71. The van der Waals surface area contributed by atoms with Gasteiger partial charge in [-0.1, -0.05) is 17.7 Å². The average molecular weight is 286 g/mol. The van der Waals surface area contributed by atoms with Crippen LogP contribution < -0.4 is 5.32 Å². The predicted molar refractivity (Wildman–Crippen MR) is 76.0 cm³/mol. The Kier molecular flexibility index (Phi) is 4.82. The molecule has 2 rings (SSSR count). The highest BCUT2D eigenvalue weighted by Gasteiger charge is 2.41. The van der Waals surface area contributed by atoms with E-state index in [0.717, 1.165) is 25.1 Å². The Hall–Kier alpha value is -0.640. The molecule has 1 aromatic carbocycles. The number of ether oxygens (including phenoxy) is 1. The zero-order valence-electron chi connectivity index (χ0n) is 11.5. The lowest BCUT2D eigenvalue weighted by Gasteiger charge is -2.21. The summed E-state index contributed by atoms with van der Waals surface area (Å²) in [6.07, 6.45) is 3.61. The molecule has 1 aromatic rings. The Morgan fingerprint density at radius 1 is 1.47 bits per heavy atom. The molecule has 4 heteroatoms. The second-order valence-corrected chi connectivity index (χ2v) is 5.92. The molecule has 1 aliphatic rings. The van der Waals surface area contributed by atoms with Crippen LogP contribution in [-0.2, 0) is 4.74 Å². The minimum Gasteiger partial charge on any atom is -0.385 e. The van der Waals surface area contributed by atoms with Crippen molar-refractivity contribution in [2.45, 2.75) is 32.2 Å². The van der Waals surface area contributed by atoms with Crippen molar-refractivity contribution in [2.75, 3.05) is 20.3 Å². The van der Waals surface area contributed by atoms with Crippen molar-refractivity contribution >= 4 is 11.6 Å². The highest BCUT2D eigenvalue weighted by Crippen LogP contribution is 2.48. The van der Waals surface area contributed by atoms with Crippen molar-refractivity contribution in [3.8, 4) is 0 Å². The molecule has 0 aliphatic heterocycles. The van der Waals surface area contributed by atoms with Gasteiger partial charge in [0, 0.05) is 31.3 Å². The monoisotopic (exact) mass is 285 g/mol. The van der Waals surface area contributed by atoms with Gasteiger partial charge in [-0.05, 0) is 49.3 Å². The van der Waals surface area contributed by atoms with Gasteiger partial charge in [-0.25, -0.2) is 4.39 Å². The molecule has 1 saturated carbocycles. The maximum absolute atomic E-state index is 13.0. The van der Waals surface area contributed by atoms with Gasteiger partial charge in [0.15, 0.2) is 0 Å². The lowest BCUT2D eigenvalue weighted by Crippen LogP contribution is -2.27. The predicted octanol–water partition coefficient (Wildman–Crippen LogP) is 3.95. The van der Waals surface area contributed by atoms with Gasteiger partial charge in [-0.15, -0.1) is 0 Å². The number of halogens is 2. The zero-order valence-corrected chi connectivity index (χ0v) is 12.3. The molecule has 0 heterocycles. The summed E-state index contributed by atoms with van der Waals surface area (Å²) in [5.41, 5.74) is 1.35. The van der Waals surface area contributed by atoms with Gasteiger partial charge in [-0.2, -0.15) is 0 Å². The summed E-state index contributed by atoms with van der Waals surface area (Å²) in [5, 5.41) is 4.00. The van der Waals surface area contributed by atoms with Gasteiger partial charge in [0.05, 0.1) is 0 Å². The van der Waals surface area contributed by atoms with E-state index in [1.807, 2.05) is 0 Å². The van der Waals surface area contributed by atoms with Crippen LogP contribution in [-0.4, -0.2) is 20.3 Å². The van der Waals surface area contributed by atoms with Gasteiger partial charge >= 0.3 is 0 Å². The van der Waals surface area contributed by atoms with Crippen LogP contribution in [0.1, 0.15) is 37.8 Å². The zero-order chi connectivity index (χ0) is 13.9. The first-order valence-electron chi connectivity index (χ1n) is 6.74. The van der Waals surface area contributed by atoms with Gasteiger partial charge in [0.2, 0.25) is 0 Å². The maximum Gasteiger partial charge on any atom is 0.124 e. The normalized spacial score (nSPS) is 18.3. The van der Waals surface area contributed by atoms with Crippen molar-refractivity contribution in [1.29, 1.82) is 0 Å². The molecule has 0 amide bonds. The number of methoxy groups -OCH3 is 1. The molecule has 2 nitrogen and oxygen atoms in total.